The van der Waals surface area contributed by atoms with E-state index in [4.69, 9.17) is 23.5 Å². The maximum atomic E-state index is 10.6. The molecule has 0 unspecified atom stereocenters. The van der Waals surface area contributed by atoms with Crippen molar-refractivity contribution in [2.45, 2.75) is 26.2 Å². The molecule has 0 aromatic heterocycles. The number of carbonyl (C=O) groups is 1. The Morgan fingerprint density at radius 1 is 1.04 bits per heavy atom. The fraction of sp³-hybridized carbons (Fsp3) is 0.353. The van der Waals surface area contributed by atoms with Crippen LogP contribution in [-0.4, -0.2) is 31.6 Å². The first kappa shape index (κ1) is 28.4. The first-order chi connectivity index (χ1) is 11.2. The fourth-order valence-corrected chi connectivity index (χ4v) is 1.42. The Labute approximate surface area is 159 Å². The Bertz CT molecular complexity index is 299. The molecule has 2 aliphatic rings. The number of hydrogen-bond donors (Lipinski definition) is 0. The normalized spacial score (nSPS) is 21.1. The standard InChI is InChI=1S/C10H15O4.C5H5.2CO.Mo/c1-3-12-10-6-4-5-9(14-10)7-13-8(2)11;1-2-4-5-3-1;2*1-2;/h4-6,9-10H,3,7H2,1-2H3;1-5H;;;/t9-,10-;;;;/m0..../s1. The van der Waals surface area contributed by atoms with Gasteiger partial charge in [0.15, 0.2) is 6.29 Å². The van der Waals surface area contributed by atoms with Gasteiger partial charge in [-0.15, -0.1) is 0 Å². The summed E-state index contributed by atoms with van der Waals surface area (Å²) in [6.07, 6.45) is 15.0. The zero-order valence-corrected chi connectivity index (χ0v) is 15.6. The molecular weight excluding hydrogens is 396 g/mol. The van der Waals surface area contributed by atoms with Crippen LogP contribution in [0.1, 0.15) is 13.8 Å². The van der Waals surface area contributed by atoms with E-state index in [0.29, 0.717) is 6.61 Å². The van der Waals surface area contributed by atoms with Crippen molar-refractivity contribution in [2.24, 2.45) is 0 Å². The molecule has 1 saturated carbocycles. The molecule has 7 heteroatoms. The van der Waals surface area contributed by atoms with Gasteiger partial charge in [0, 0.05) is 41.0 Å². The third-order valence-electron chi connectivity index (χ3n) is 2.24. The van der Waals surface area contributed by atoms with Crippen LogP contribution in [0, 0.1) is 64.7 Å². The minimum atomic E-state index is -0.328. The van der Waals surface area contributed by atoms with Gasteiger partial charge in [0.05, 0.1) is 6.10 Å². The summed E-state index contributed by atoms with van der Waals surface area (Å²) >= 11 is 0. The van der Waals surface area contributed by atoms with E-state index in [-0.39, 0.29) is 46.0 Å². The minimum Gasteiger partial charge on any atom is -0.0312 e. The summed E-state index contributed by atoms with van der Waals surface area (Å²) in [4.78, 5) is 10.6. The molecule has 1 aliphatic heterocycles. The predicted octanol–water partition coefficient (Wildman–Crippen LogP) is 1.87. The summed E-state index contributed by atoms with van der Waals surface area (Å²) < 4.78 is 30.5. The van der Waals surface area contributed by atoms with Crippen LogP contribution in [0.4, 0.5) is 0 Å². The number of ether oxygens (including phenoxy) is 3. The smallest absolute Gasteiger partial charge is 0 e. The van der Waals surface area contributed by atoms with Crippen LogP contribution in [-0.2, 0) is 49.4 Å². The van der Waals surface area contributed by atoms with Gasteiger partial charge in [-0.2, -0.15) is 0 Å². The third-order valence-corrected chi connectivity index (χ3v) is 2.24. The monoisotopic (exact) mass is 418 g/mol. The van der Waals surface area contributed by atoms with Crippen molar-refractivity contribution in [2.75, 3.05) is 13.2 Å². The number of carbonyl (C=O) groups excluding carboxylic acids is 1. The molecule has 8 radical (unpaired) electrons. The maximum absolute atomic E-state index is 10.6. The largest absolute Gasteiger partial charge is 0.0312 e. The van der Waals surface area contributed by atoms with E-state index in [2.05, 4.69) is 13.3 Å². The first-order valence-corrected chi connectivity index (χ1v) is 6.72. The summed E-state index contributed by atoms with van der Waals surface area (Å²) in [7, 11) is 0. The molecule has 0 amide bonds. The average Bonchev–Trinajstić information content (AvgIpc) is 3.17. The number of hydrogen-bond acceptors (Lipinski definition) is 4. The second kappa shape index (κ2) is 22.6. The van der Waals surface area contributed by atoms with Crippen LogP contribution in [0.2, 0.25) is 0 Å². The SMILES string of the molecule is CCO[C@@H]1[CH][CH][CH][C@@H](COC(C)=O)O1.[C-]#[O+].[C-]#[O+].[CH]1[CH][CH][CH][CH]1.[Mo]. The Morgan fingerprint density at radius 2 is 1.54 bits per heavy atom. The van der Waals surface area contributed by atoms with E-state index in [0.717, 1.165) is 0 Å². The molecule has 1 aliphatic carbocycles. The van der Waals surface area contributed by atoms with Crippen molar-refractivity contribution in [3.05, 3.63) is 64.7 Å². The third kappa shape index (κ3) is 17.9. The van der Waals surface area contributed by atoms with Crippen LogP contribution in [0.15, 0.2) is 0 Å². The molecule has 24 heavy (non-hydrogen) atoms. The van der Waals surface area contributed by atoms with Gasteiger partial charge in [0.25, 0.3) is 0 Å². The second-order valence-corrected chi connectivity index (χ2v) is 3.84. The van der Waals surface area contributed by atoms with Crippen LogP contribution < -0.4 is 0 Å². The summed E-state index contributed by atoms with van der Waals surface area (Å²) in [6.45, 7) is 13.1. The number of rotatable bonds is 4. The van der Waals surface area contributed by atoms with Crippen LogP contribution in [0.3, 0.4) is 0 Å². The predicted molar refractivity (Wildman–Crippen MR) is 79.2 cm³/mol. The van der Waals surface area contributed by atoms with Gasteiger partial charge in [-0.05, 0) is 51.9 Å². The van der Waals surface area contributed by atoms with E-state index >= 15 is 0 Å². The molecule has 6 nitrogen and oxygen atoms in total. The van der Waals surface area contributed by atoms with Gasteiger partial charge >= 0.3 is 28.6 Å². The Morgan fingerprint density at radius 3 is 1.96 bits per heavy atom. The van der Waals surface area contributed by atoms with Gasteiger partial charge in [-0.3, -0.25) is 4.79 Å². The van der Waals surface area contributed by atoms with E-state index in [1.54, 1.807) is 0 Å². The van der Waals surface area contributed by atoms with Crippen molar-refractivity contribution >= 4 is 5.97 Å². The minimum absolute atomic E-state index is 0. The molecule has 1 saturated heterocycles. The van der Waals surface area contributed by atoms with Crippen LogP contribution in [0.5, 0.6) is 0 Å². The molecule has 1 heterocycles. The van der Waals surface area contributed by atoms with Crippen LogP contribution >= 0.6 is 0 Å². The van der Waals surface area contributed by atoms with E-state index in [1.807, 2.05) is 58.3 Å². The molecule has 0 bridgehead atoms. The van der Waals surface area contributed by atoms with Gasteiger partial charge < -0.3 is 14.2 Å². The van der Waals surface area contributed by atoms with E-state index < -0.39 is 0 Å². The second-order valence-electron chi connectivity index (χ2n) is 3.84. The average molecular weight is 416 g/mol. The fourth-order valence-electron chi connectivity index (χ4n) is 1.42. The van der Waals surface area contributed by atoms with Gasteiger partial charge in [0.2, 0.25) is 0 Å². The van der Waals surface area contributed by atoms with Gasteiger partial charge in [-0.25, -0.2) is 0 Å². The first-order valence-electron chi connectivity index (χ1n) is 6.72. The van der Waals surface area contributed by atoms with Crippen molar-refractivity contribution in [3.63, 3.8) is 0 Å². The summed E-state index contributed by atoms with van der Waals surface area (Å²) in [5.41, 5.74) is 0. The molecule has 0 spiro atoms. The quantitative estimate of drug-likeness (QED) is 0.303. The summed E-state index contributed by atoms with van der Waals surface area (Å²) in [5.74, 6) is -0.301. The summed E-state index contributed by atoms with van der Waals surface area (Å²) in [5, 5.41) is 0. The van der Waals surface area contributed by atoms with Crippen molar-refractivity contribution < 1.29 is 49.4 Å². The molecule has 2 fully saturated rings. The molecule has 0 aromatic carbocycles. The zero-order valence-electron chi connectivity index (χ0n) is 13.5. The maximum Gasteiger partial charge on any atom is 0 e. The topological polar surface area (TPSA) is 84.6 Å². The van der Waals surface area contributed by atoms with E-state index in [9.17, 15) is 4.79 Å². The van der Waals surface area contributed by atoms with Gasteiger partial charge in [-0.1, -0.05) is 0 Å². The van der Waals surface area contributed by atoms with Crippen molar-refractivity contribution in [1.29, 1.82) is 0 Å². The van der Waals surface area contributed by atoms with Crippen molar-refractivity contribution in [3.8, 4) is 0 Å². The molecule has 0 aromatic rings. The Kier molecular flexibility index (Phi) is 26.7. The van der Waals surface area contributed by atoms with Crippen molar-refractivity contribution in [1.82, 2.24) is 0 Å². The summed E-state index contributed by atoms with van der Waals surface area (Å²) in [6, 6.07) is 0. The molecule has 0 N–H and O–H groups in total. The number of esters is 1. The Hall–Kier alpha value is -0.442. The molecule has 2 rings (SSSR count). The zero-order chi connectivity index (χ0) is 17.9. The van der Waals surface area contributed by atoms with Gasteiger partial charge in [0.1, 0.15) is 6.61 Å². The Balaban J connectivity index is -0.000000368. The van der Waals surface area contributed by atoms with Crippen LogP contribution in [0.25, 0.3) is 0 Å². The molecule has 130 valence electrons. The molecular formula is C17H20MoO6. The van der Waals surface area contributed by atoms with E-state index in [1.165, 1.54) is 6.92 Å². The molecule has 2 atom stereocenters.